The Kier molecular flexibility index (Phi) is 4.80. The third-order valence-electron chi connectivity index (χ3n) is 14.8. The zero-order chi connectivity index (χ0) is 25.3. The zero-order valence-corrected chi connectivity index (χ0v) is 23.5. The first kappa shape index (κ1) is 24.6. The minimum Gasteiger partial charge on any atom is -0.505 e. The lowest BCUT2D eigenvalue weighted by Crippen LogP contribution is -2.73. The van der Waals surface area contributed by atoms with Crippen molar-refractivity contribution in [2.24, 2.45) is 55.7 Å². The molecule has 5 rings (SSSR count). The molecule has 0 aliphatic heterocycles. The molecular formula is C32H50O2. The SMILES string of the molecule is C=C(C)[C@@H]1CC[C@]2(C)CC[C@]3(C)[C@H](CC[C@]4(C)[C@@]5(C)C=C(O)C(=O)C(C)(C)[C@]5(C)CC[C@]43C)[C@@H]12. The molecule has 0 bridgehead atoms. The summed E-state index contributed by atoms with van der Waals surface area (Å²) in [6, 6.07) is 0. The molecule has 190 valence electrons. The molecule has 2 heteroatoms. The number of rotatable bonds is 1. The molecule has 5 aliphatic carbocycles. The highest BCUT2D eigenvalue weighted by Crippen LogP contribution is 2.83. The van der Waals surface area contributed by atoms with Gasteiger partial charge in [0.1, 0.15) is 0 Å². The first-order valence-corrected chi connectivity index (χ1v) is 14.1. The average Bonchev–Trinajstić information content (AvgIpc) is 3.10. The quantitative estimate of drug-likeness (QED) is 0.392. The van der Waals surface area contributed by atoms with Gasteiger partial charge in [-0.2, -0.15) is 0 Å². The van der Waals surface area contributed by atoms with E-state index in [1.54, 1.807) is 0 Å². The molecule has 0 heterocycles. The standard InChI is InChI=1S/C32H50O2/c1-20(2)21-11-13-27(5)15-16-28(6)22(24(21)27)12-14-31(9)30(28,8)18-17-29(7)26(3,4)25(34)23(33)19-32(29,31)10/h19,21-22,24,33H,1,11-18H2,2-10H3/t21-,22+,24+,27+,28+,29-,30-,31-,32-/m0/s1. The van der Waals surface area contributed by atoms with Crippen LogP contribution < -0.4 is 0 Å². The summed E-state index contributed by atoms with van der Waals surface area (Å²) in [7, 11) is 0. The number of carbonyl (C=O) groups is 1. The van der Waals surface area contributed by atoms with Gasteiger partial charge in [0, 0.05) is 10.8 Å². The predicted molar refractivity (Wildman–Crippen MR) is 140 cm³/mol. The Hall–Kier alpha value is -1.05. The molecule has 34 heavy (non-hydrogen) atoms. The Morgan fingerprint density at radius 2 is 1.47 bits per heavy atom. The molecule has 9 atom stereocenters. The lowest BCUT2D eigenvalue weighted by molar-refractivity contribution is -0.283. The smallest absolute Gasteiger partial charge is 0.202 e. The number of allylic oxidation sites excluding steroid dienone is 3. The summed E-state index contributed by atoms with van der Waals surface area (Å²) >= 11 is 0. The maximum absolute atomic E-state index is 13.2. The van der Waals surface area contributed by atoms with E-state index in [-0.39, 0.29) is 38.6 Å². The first-order chi connectivity index (χ1) is 15.5. The van der Waals surface area contributed by atoms with Crippen molar-refractivity contribution in [3.63, 3.8) is 0 Å². The van der Waals surface area contributed by atoms with Crippen LogP contribution in [0.15, 0.2) is 24.0 Å². The van der Waals surface area contributed by atoms with Gasteiger partial charge < -0.3 is 5.11 Å². The van der Waals surface area contributed by atoms with Crippen LogP contribution in [0.25, 0.3) is 0 Å². The molecular weight excluding hydrogens is 416 g/mol. The molecule has 0 unspecified atom stereocenters. The number of hydrogen-bond acceptors (Lipinski definition) is 2. The Balaban J connectivity index is 1.67. The molecule has 0 spiro atoms. The van der Waals surface area contributed by atoms with Crippen LogP contribution >= 0.6 is 0 Å². The molecule has 2 nitrogen and oxygen atoms in total. The van der Waals surface area contributed by atoms with Gasteiger partial charge in [0.05, 0.1) is 0 Å². The van der Waals surface area contributed by atoms with Crippen LogP contribution in [0.1, 0.15) is 114 Å². The lowest BCUT2D eigenvalue weighted by atomic mass is 9.25. The molecule has 0 aromatic rings. The second kappa shape index (κ2) is 6.63. The van der Waals surface area contributed by atoms with Crippen molar-refractivity contribution in [1.82, 2.24) is 0 Å². The zero-order valence-electron chi connectivity index (χ0n) is 23.5. The monoisotopic (exact) mass is 466 g/mol. The highest BCUT2D eigenvalue weighted by Gasteiger charge is 2.77. The van der Waals surface area contributed by atoms with Crippen LogP contribution in [0.3, 0.4) is 0 Å². The van der Waals surface area contributed by atoms with E-state index in [9.17, 15) is 9.90 Å². The second-order valence-corrected chi connectivity index (χ2v) is 15.4. The van der Waals surface area contributed by atoms with E-state index >= 15 is 0 Å². The summed E-state index contributed by atoms with van der Waals surface area (Å²) in [5.41, 5.74) is 1.35. The normalized spacial score (nSPS) is 56.0. The highest BCUT2D eigenvalue weighted by molar-refractivity contribution is 5.99. The molecule has 0 aromatic carbocycles. The minimum absolute atomic E-state index is 0.0112. The Bertz CT molecular complexity index is 989. The van der Waals surface area contributed by atoms with Gasteiger partial charge in [-0.1, -0.05) is 67.5 Å². The summed E-state index contributed by atoms with van der Waals surface area (Å²) in [6.45, 7) is 26.1. The second-order valence-electron chi connectivity index (χ2n) is 15.4. The van der Waals surface area contributed by atoms with Gasteiger partial charge in [-0.3, -0.25) is 4.79 Å². The summed E-state index contributed by atoms with van der Waals surface area (Å²) in [4.78, 5) is 13.2. The van der Waals surface area contributed by atoms with E-state index < -0.39 is 5.41 Å². The van der Waals surface area contributed by atoms with Crippen LogP contribution in [-0.4, -0.2) is 10.9 Å². The maximum Gasteiger partial charge on any atom is 0.202 e. The van der Waals surface area contributed by atoms with Gasteiger partial charge in [0.15, 0.2) is 5.76 Å². The van der Waals surface area contributed by atoms with Crippen LogP contribution in [0.2, 0.25) is 0 Å². The van der Waals surface area contributed by atoms with Crippen molar-refractivity contribution in [1.29, 1.82) is 0 Å². The fourth-order valence-corrected chi connectivity index (χ4v) is 11.5. The molecule has 0 amide bonds. The summed E-state index contributed by atoms with van der Waals surface area (Å²) < 4.78 is 0. The number of ketones is 1. The number of aliphatic hydroxyl groups is 1. The van der Waals surface area contributed by atoms with E-state index in [1.807, 2.05) is 6.08 Å². The summed E-state index contributed by atoms with van der Waals surface area (Å²) in [6.07, 6.45) is 12.0. The van der Waals surface area contributed by atoms with Crippen LogP contribution in [0.4, 0.5) is 0 Å². The third-order valence-corrected chi connectivity index (χ3v) is 14.8. The van der Waals surface area contributed by atoms with Crippen molar-refractivity contribution >= 4 is 5.78 Å². The van der Waals surface area contributed by atoms with E-state index in [2.05, 4.69) is 68.9 Å². The van der Waals surface area contributed by atoms with Crippen LogP contribution in [0, 0.1) is 55.7 Å². The maximum atomic E-state index is 13.2. The average molecular weight is 467 g/mol. The minimum atomic E-state index is -0.565. The van der Waals surface area contributed by atoms with Crippen molar-refractivity contribution in [2.75, 3.05) is 0 Å². The Labute approximate surface area is 209 Å². The molecule has 0 radical (unpaired) electrons. The fraction of sp³-hybridized carbons (Fsp3) is 0.844. The number of Topliss-reactive ketones (excluding diaryl/α,β-unsaturated/α-hetero) is 1. The Morgan fingerprint density at radius 3 is 2.09 bits per heavy atom. The van der Waals surface area contributed by atoms with Gasteiger partial charge in [-0.15, -0.1) is 0 Å². The van der Waals surface area contributed by atoms with E-state index in [4.69, 9.17) is 0 Å². The van der Waals surface area contributed by atoms with Crippen molar-refractivity contribution < 1.29 is 9.90 Å². The molecule has 4 fully saturated rings. The van der Waals surface area contributed by atoms with Crippen molar-refractivity contribution in [2.45, 2.75) is 114 Å². The third kappa shape index (κ3) is 2.34. The Morgan fingerprint density at radius 1 is 0.853 bits per heavy atom. The highest BCUT2D eigenvalue weighted by atomic mass is 16.3. The topological polar surface area (TPSA) is 37.3 Å². The number of hydrogen-bond donors (Lipinski definition) is 1. The van der Waals surface area contributed by atoms with Crippen molar-refractivity contribution in [3.8, 4) is 0 Å². The van der Waals surface area contributed by atoms with Gasteiger partial charge in [-0.25, -0.2) is 0 Å². The van der Waals surface area contributed by atoms with E-state index in [0.29, 0.717) is 11.3 Å². The molecule has 0 saturated heterocycles. The molecule has 4 saturated carbocycles. The van der Waals surface area contributed by atoms with Gasteiger partial charge in [0.25, 0.3) is 0 Å². The van der Waals surface area contributed by atoms with E-state index in [1.165, 1.54) is 50.5 Å². The van der Waals surface area contributed by atoms with Crippen LogP contribution in [-0.2, 0) is 4.79 Å². The largest absolute Gasteiger partial charge is 0.505 e. The number of carbonyl (C=O) groups excluding carboxylic acids is 1. The lowest BCUT2D eigenvalue weighted by Gasteiger charge is -2.78. The first-order valence-electron chi connectivity index (χ1n) is 14.1. The summed E-state index contributed by atoms with van der Waals surface area (Å²) in [5, 5.41) is 11.0. The van der Waals surface area contributed by atoms with Crippen LogP contribution in [0.5, 0.6) is 0 Å². The van der Waals surface area contributed by atoms with Gasteiger partial charge in [-0.05, 0) is 109 Å². The molecule has 1 N–H and O–H groups in total. The molecule has 5 aliphatic rings. The number of aliphatic hydroxyl groups excluding tert-OH is 1. The van der Waals surface area contributed by atoms with E-state index in [0.717, 1.165) is 18.3 Å². The van der Waals surface area contributed by atoms with Gasteiger partial charge >= 0.3 is 0 Å². The van der Waals surface area contributed by atoms with Gasteiger partial charge in [0.2, 0.25) is 5.78 Å². The summed E-state index contributed by atoms with van der Waals surface area (Å²) in [5.74, 6) is 2.10. The molecule has 0 aromatic heterocycles. The number of fused-ring (bicyclic) bond motifs is 7. The predicted octanol–water partition coefficient (Wildman–Crippen LogP) is 8.67. The van der Waals surface area contributed by atoms with Crippen molar-refractivity contribution in [3.05, 3.63) is 24.0 Å². The fourth-order valence-electron chi connectivity index (χ4n) is 11.5.